The second-order valence-electron chi connectivity index (χ2n) is 6.98. The number of esters is 1. The van der Waals surface area contributed by atoms with E-state index in [0.29, 0.717) is 17.9 Å². The van der Waals surface area contributed by atoms with Gasteiger partial charge in [-0.05, 0) is 37.3 Å². The normalized spacial score (nSPS) is 11.9. The van der Waals surface area contributed by atoms with E-state index in [1.54, 1.807) is 49.4 Å². The molecule has 0 aliphatic heterocycles. The van der Waals surface area contributed by atoms with Crippen molar-refractivity contribution >= 4 is 27.9 Å². The number of rotatable bonds is 9. The maximum Gasteiger partial charge on any atom is 0.339 e. The molecule has 3 aromatic rings. The Morgan fingerprint density at radius 2 is 1.76 bits per heavy atom. The van der Waals surface area contributed by atoms with Crippen LogP contribution in [-0.4, -0.2) is 32.9 Å². The lowest BCUT2D eigenvalue weighted by Gasteiger charge is -2.18. The summed E-state index contributed by atoms with van der Waals surface area (Å²) >= 11 is 0. The number of amides is 3. The largest absolute Gasteiger partial charge is 0.468 e. The third-order valence-electron chi connectivity index (χ3n) is 4.54. The number of benzene rings is 2. The smallest absolute Gasteiger partial charge is 0.339 e. The van der Waals surface area contributed by atoms with Gasteiger partial charge >= 0.3 is 12.0 Å². The fourth-order valence-electron chi connectivity index (χ4n) is 2.91. The van der Waals surface area contributed by atoms with Crippen LogP contribution in [-0.2, 0) is 26.1 Å². The molecule has 10 nitrogen and oxygen atoms in total. The summed E-state index contributed by atoms with van der Waals surface area (Å²) < 4.78 is 38.1. The van der Waals surface area contributed by atoms with E-state index >= 15 is 0 Å². The lowest BCUT2D eigenvalue weighted by molar-refractivity contribution is -0.129. The first-order chi connectivity index (χ1) is 16.3. The molecule has 11 heteroatoms. The fraction of sp³-hybridized carbons (Fsp3) is 0.174. The van der Waals surface area contributed by atoms with Crippen LogP contribution in [0.5, 0.6) is 0 Å². The SMILES string of the molecule is CCNC(=O)NC(=O)C(OC(=O)c1cccc(S(=O)(=O)NCc2ccco2)c1)c1ccccc1. The van der Waals surface area contributed by atoms with Gasteiger partial charge in [-0.3, -0.25) is 10.1 Å². The monoisotopic (exact) mass is 485 g/mol. The number of sulfonamides is 1. The average Bonchev–Trinajstić information content (AvgIpc) is 3.36. The molecule has 2 aromatic carbocycles. The van der Waals surface area contributed by atoms with Crippen molar-refractivity contribution in [2.24, 2.45) is 0 Å². The molecule has 178 valence electrons. The van der Waals surface area contributed by atoms with Crippen molar-refractivity contribution in [1.82, 2.24) is 15.4 Å². The van der Waals surface area contributed by atoms with Gasteiger partial charge < -0.3 is 14.5 Å². The van der Waals surface area contributed by atoms with E-state index in [2.05, 4.69) is 15.4 Å². The van der Waals surface area contributed by atoms with Crippen LogP contribution in [0.25, 0.3) is 0 Å². The van der Waals surface area contributed by atoms with Crippen LogP contribution in [0, 0.1) is 0 Å². The van der Waals surface area contributed by atoms with E-state index in [9.17, 15) is 22.8 Å². The van der Waals surface area contributed by atoms with Gasteiger partial charge in [0.2, 0.25) is 16.1 Å². The zero-order valence-corrected chi connectivity index (χ0v) is 19.0. The second kappa shape index (κ2) is 11.3. The summed E-state index contributed by atoms with van der Waals surface area (Å²) in [4.78, 5) is 37.1. The van der Waals surface area contributed by atoms with E-state index in [4.69, 9.17) is 9.15 Å². The third kappa shape index (κ3) is 6.53. The Bertz CT molecular complexity index is 1240. The van der Waals surface area contributed by atoms with Crippen molar-refractivity contribution in [3.63, 3.8) is 0 Å². The van der Waals surface area contributed by atoms with Gasteiger partial charge in [0.15, 0.2) is 0 Å². The zero-order valence-electron chi connectivity index (χ0n) is 18.2. The minimum Gasteiger partial charge on any atom is -0.468 e. The number of imide groups is 1. The number of hydrogen-bond donors (Lipinski definition) is 3. The van der Waals surface area contributed by atoms with Crippen molar-refractivity contribution in [2.75, 3.05) is 6.54 Å². The Labute approximate surface area is 196 Å². The number of ether oxygens (including phenoxy) is 1. The number of nitrogens with one attached hydrogen (secondary N) is 3. The van der Waals surface area contributed by atoms with Gasteiger partial charge in [-0.25, -0.2) is 22.7 Å². The predicted molar refractivity (Wildman–Crippen MR) is 121 cm³/mol. The van der Waals surface area contributed by atoms with Gasteiger partial charge in [0.05, 0.1) is 23.3 Å². The predicted octanol–water partition coefficient (Wildman–Crippen LogP) is 2.50. The molecule has 0 bridgehead atoms. The number of carbonyl (C=O) groups is 3. The van der Waals surface area contributed by atoms with Crippen LogP contribution in [0.2, 0.25) is 0 Å². The van der Waals surface area contributed by atoms with Crippen molar-refractivity contribution in [1.29, 1.82) is 0 Å². The summed E-state index contributed by atoms with van der Waals surface area (Å²) in [5, 5.41) is 4.54. The highest BCUT2D eigenvalue weighted by molar-refractivity contribution is 7.89. The maximum absolute atomic E-state index is 12.8. The maximum atomic E-state index is 12.8. The van der Waals surface area contributed by atoms with Crippen LogP contribution < -0.4 is 15.4 Å². The molecular formula is C23H23N3O7S. The molecule has 1 heterocycles. The number of urea groups is 1. The lowest BCUT2D eigenvalue weighted by atomic mass is 10.1. The summed E-state index contributed by atoms with van der Waals surface area (Å²) in [6, 6.07) is 15.8. The van der Waals surface area contributed by atoms with Crippen molar-refractivity contribution in [3.8, 4) is 0 Å². The van der Waals surface area contributed by atoms with E-state index < -0.39 is 34.0 Å². The molecule has 0 fully saturated rings. The molecule has 3 amide bonds. The molecule has 0 saturated carbocycles. The molecule has 1 unspecified atom stereocenters. The number of hydrogen-bond acceptors (Lipinski definition) is 7. The molecule has 0 spiro atoms. The summed E-state index contributed by atoms with van der Waals surface area (Å²) in [6.07, 6.45) is -0.0144. The first-order valence-electron chi connectivity index (χ1n) is 10.3. The Hall–Kier alpha value is -3.96. The Kier molecular flexibility index (Phi) is 8.17. The molecule has 3 rings (SSSR count). The molecule has 0 radical (unpaired) electrons. The molecule has 0 aliphatic rings. The minimum absolute atomic E-state index is 0.0694. The van der Waals surface area contributed by atoms with Crippen molar-refractivity contribution in [3.05, 3.63) is 89.9 Å². The minimum atomic E-state index is -3.96. The van der Waals surface area contributed by atoms with E-state index in [-0.39, 0.29) is 17.0 Å². The summed E-state index contributed by atoms with van der Waals surface area (Å²) in [5.74, 6) is -1.37. The second-order valence-corrected chi connectivity index (χ2v) is 8.74. The highest BCUT2D eigenvalue weighted by Gasteiger charge is 2.27. The van der Waals surface area contributed by atoms with Gasteiger partial charge in [0.1, 0.15) is 5.76 Å². The van der Waals surface area contributed by atoms with Crippen LogP contribution in [0.4, 0.5) is 4.79 Å². The molecule has 1 atom stereocenters. The quantitative estimate of drug-likeness (QED) is 0.395. The Morgan fingerprint density at radius 3 is 2.44 bits per heavy atom. The van der Waals surface area contributed by atoms with Crippen molar-refractivity contribution in [2.45, 2.75) is 24.5 Å². The fourth-order valence-corrected chi connectivity index (χ4v) is 3.95. The van der Waals surface area contributed by atoms with Gasteiger partial charge in [0.25, 0.3) is 5.91 Å². The zero-order chi connectivity index (χ0) is 24.6. The molecule has 34 heavy (non-hydrogen) atoms. The summed E-state index contributed by atoms with van der Waals surface area (Å²) in [7, 11) is -3.96. The lowest BCUT2D eigenvalue weighted by Crippen LogP contribution is -2.42. The average molecular weight is 486 g/mol. The van der Waals surface area contributed by atoms with Gasteiger partial charge in [0, 0.05) is 12.1 Å². The molecule has 3 N–H and O–H groups in total. The van der Waals surface area contributed by atoms with E-state index in [1.807, 2.05) is 0 Å². The van der Waals surface area contributed by atoms with Crippen LogP contribution in [0.15, 0.2) is 82.3 Å². The first kappa shape index (κ1) is 24.7. The van der Waals surface area contributed by atoms with Crippen LogP contribution >= 0.6 is 0 Å². The highest BCUT2D eigenvalue weighted by Crippen LogP contribution is 2.21. The third-order valence-corrected chi connectivity index (χ3v) is 5.93. The highest BCUT2D eigenvalue weighted by atomic mass is 32.2. The number of carbonyl (C=O) groups excluding carboxylic acids is 3. The van der Waals surface area contributed by atoms with Gasteiger partial charge in [-0.1, -0.05) is 36.4 Å². The topological polar surface area (TPSA) is 144 Å². The van der Waals surface area contributed by atoms with Gasteiger partial charge in [-0.2, -0.15) is 0 Å². The first-order valence-corrected chi connectivity index (χ1v) is 11.7. The Balaban J connectivity index is 1.78. The summed E-state index contributed by atoms with van der Waals surface area (Å²) in [6.45, 7) is 1.91. The van der Waals surface area contributed by atoms with Crippen LogP contribution in [0.3, 0.4) is 0 Å². The van der Waals surface area contributed by atoms with E-state index in [0.717, 1.165) is 6.07 Å². The number of furan rings is 1. The molecular weight excluding hydrogens is 462 g/mol. The van der Waals surface area contributed by atoms with Crippen molar-refractivity contribution < 1.29 is 32.0 Å². The van der Waals surface area contributed by atoms with E-state index in [1.165, 1.54) is 24.5 Å². The molecule has 1 aromatic heterocycles. The molecule has 0 saturated heterocycles. The van der Waals surface area contributed by atoms with Crippen LogP contribution in [0.1, 0.15) is 34.7 Å². The molecule has 0 aliphatic carbocycles. The summed E-state index contributed by atoms with van der Waals surface area (Å²) in [5.41, 5.74) is 0.245. The standard InChI is InChI=1S/C23H23N3O7S/c1-2-24-23(29)26-21(27)20(16-8-4-3-5-9-16)33-22(28)17-10-6-12-19(14-17)34(30,31)25-15-18-11-7-13-32-18/h3-14,20,25H,2,15H2,1H3,(H2,24,26,27,29). The Morgan fingerprint density at radius 1 is 1.00 bits per heavy atom. The van der Waals surface area contributed by atoms with Gasteiger partial charge in [-0.15, -0.1) is 0 Å².